The first-order valence-corrected chi connectivity index (χ1v) is 11.0. The first-order valence-electron chi connectivity index (χ1n) is 9.60. The highest BCUT2D eigenvalue weighted by molar-refractivity contribution is 7.87. The number of methoxy groups -OCH3 is 1. The number of rotatable bonds is 10. The van der Waals surface area contributed by atoms with Gasteiger partial charge in [0.05, 0.1) is 34.2 Å². The highest BCUT2D eigenvalue weighted by Crippen LogP contribution is 2.32. The molecule has 1 N–H and O–H groups in total. The Bertz CT molecular complexity index is 1490. The molecule has 0 radical (unpaired) electrons. The number of nitrogens with zero attached hydrogens (tertiary/aromatic N) is 4. The van der Waals surface area contributed by atoms with E-state index in [1.54, 1.807) is 0 Å². The van der Waals surface area contributed by atoms with Crippen LogP contribution in [0.25, 0.3) is 0 Å². The number of ether oxygens (including phenoxy) is 1. The quantitative estimate of drug-likeness (QED) is 0.178. The van der Waals surface area contributed by atoms with Crippen LogP contribution in [0.5, 0.6) is 11.5 Å². The third-order valence-corrected chi connectivity index (χ3v) is 5.72. The molecule has 0 heterocycles. The molecule has 0 aliphatic carbocycles. The molecule has 0 aliphatic heterocycles. The number of hydrogen-bond acceptors (Lipinski definition) is 12. The van der Waals surface area contributed by atoms with Crippen LogP contribution in [0.4, 0.5) is 22.7 Å². The molecule has 15 nitrogen and oxygen atoms in total. The Kier molecular flexibility index (Phi) is 7.39. The lowest BCUT2D eigenvalue weighted by atomic mass is 10.2. The maximum absolute atomic E-state index is 12.6. The largest absolute Gasteiger partial charge is 0.493 e. The average Bonchev–Trinajstić information content (AvgIpc) is 2.84. The van der Waals surface area contributed by atoms with E-state index in [0.717, 1.165) is 36.4 Å². The summed E-state index contributed by atoms with van der Waals surface area (Å²) in [6, 6.07) is 11.3. The van der Waals surface area contributed by atoms with E-state index in [1.807, 2.05) is 0 Å². The van der Waals surface area contributed by atoms with Crippen molar-refractivity contribution in [3.05, 3.63) is 96.6 Å². The lowest BCUT2D eigenvalue weighted by Crippen LogP contribution is -2.11. The van der Waals surface area contributed by atoms with Gasteiger partial charge in [-0.15, -0.1) is 0 Å². The second kappa shape index (κ2) is 10.4. The fraction of sp³-hybridized carbons (Fsp3) is 0.0500. The molecule has 0 unspecified atom stereocenters. The highest BCUT2D eigenvalue weighted by Gasteiger charge is 2.22. The minimum Gasteiger partial charge on any atom is -0.493 e. The number of hydrazone groups is 1. The third kappa shape index (κ3) is 5.86. The molecule has 0 amide bonds. The van der Waals surface area contributed by atoms with Crippen LogP contribution in [0, 0.1) is 30.3 Å². The first-order chi connectivity index (χ1) is 17.0. The lowest BCUT2D eigenvalue weighted by Gasteiger charge is -2.11. The number of nitrogens with one attached hydrogen (secondary N) is 1. The Balaban J connectivity index is 1.81. The van der Waals surface area contributed by atoms with Gasteiger partial charge < -0.3 is 8.92 Å². The molecule has 186 valence electrons. The summed E-state index contributed by atoms with van der Waals surface area (Å²) in [5.74, 6) is -0.227. The van der Waals surface area contributed by atoms with Crippen molar-refractivity contribution in [3.63, 3.8) is 0 Å². The summed E-state index contributed by atoms with van der Waals surface area (Å²) in [7, 11) is -3.18. The number of nitro groups is 3. The number of non-ortho nitro benzene ring substituents is 2. The molecule has 16 heteroatoms. The molecule has 0 aliphatic rings. The summed E-state index contributed by atoms with van der Waals surface area (Å²) in [5, 5.41) is 36.8. The normalized spacial score (nSPS) is 11.1. The van der Waals surface area contributed by atoms with Crippen LogP contribution >= 0.6 is 0 Å². The SMILES string of the molecule is COc1cc(/C=N\Nc2ccc([N+](=O)[O-])cc2[N+](=O)[O-])ccc1OS(=O)(=O)c1cccc([N+](=O)[O-])c1. The van der Waals surface area contributed by atoms with Crippen LogP contribution in [-0.2, 0) is 10.1 Å². The van der Waals surface area contributed by atoms with E-state index < -0.39 is 46.8 Å². The van der Waals surface area contributed by atoms with Crippen LogP contribution in [-0.4, -0.2) is 36.5 Å². The van der Waals surface area contributed by atoms with Crippen molar-refractivity contribution in [2.75, 3.05) is 12.5 Å². The predicted molar refractivity (Wildman–Crippen MR) is 125 cm³/mol. The van der Waals surface area contributed by atoms with Crippen molar-refractivity contribution in [2.45, 2.75) is 4.90 Å². The molecule has 0 spiro atoms. The zero-order valence-corrected chi connectivity index (χ0v) is 18.9. The smallest absolute Gasteiger partial charge is 0.339 e. The number of nitro benzene ring substituents is 3. The van der Waals surface area contributed by atoms with Gasteiger partial charge in [-0.05, 0) is 35.9 Å². The van der Waals surface area contributed by atoms with Gasteiger partial charge in [-0.2, -0.15) is 13.5 Å². The van der Waals surface area contributed by atoms with Crippen molar-refractivity contribution in [1.29, 1.82) is 0 Å². The molecule has 3 aromatic carbocycles. The van der Waals surface area contributed by atoms with Crippen molar-refractivity contribution >= 4 is 39.1 Å². The Morgan fingerprint density at radius 2 is 1.56 bits per heavy atom. The van der Waals surface area contributed by atoms with Crippen LogP contribution in [0.15, 0.2) is 70.7 Å². The molecular weight excluding hydrogens is 502 g/mol. The van der Waals surface area contributed by atoms with Crippen LogP contribution in [0.3, 0.4) is 0 Å². The van der Waals surface area contributed by atoms with Crippen LogP contribution in [0.2, 0.25) is 0 Å². The van der Waals surface area contributed by atoms with Gasteiger partial charge in [-0.25, -0.2) is 0 Å². The third-order valence-electron chi connectivity index (χ3n) is 4.49. The summed E-state index contributed by atoms with van der Waals surface area (Å²) in [4.78, 5) is 30.2. The second-order valence-electron chi connectivity index (χ2n) is 6.79. The minimum absolute atomic E-state index is 0.0192. The van der Waals surface area contributed by atoms with Gasteiger partial charge in [-0.1, -0.05) is 6.07 Å². The van der Waals surface area contributed by atoms with E-state index in [4.69, 9.17) is 8.92 Å². The summed E-state index contributed by atoms with van der Waals surface area (Å²) < 4.78 is 35.4. The van der Waals surface area contributed by atoms with Crippen LogP contribution in [0.1, 0.15) is 5.56 Å². The maximum Gasteiger partial charge on any atom is 0.339 e. The average molecular weight is 517 g/mol. The zero-order chi connectivity index (χ0) is 26.5. The Labute approximate surface area is 202 Å². The molecular formula is C20H15N5O10S. The summed E-state index contributed by atoms with van der Waals surface area (Å²) in [6.45, 7) is 0. The molecule has 0 fully saturated rings. The lowest BCUT2D eigenvalue weighted by molar-refractivity contribution is -0.393. The fourth-order valence-corrected chi connectivity index (χ4v) is 3.79. The topological polar surface area (TPSA) is 206 Å². The van der Waals surface area contributed by atoms with Crippen molar-refractivity contribution in [3.8, 4) is 11.5 Å². The Morgan fingerprint density at radius 3 is 2.19 bits per heavy atom. The molecule has 0 atom stereocenters. The number of anilines is 1. The molecule has 3 aromatic rings. The first kappa shape index (κ1) is 25.5. The summed E-state index contributed by atoms with van der Waals surface area (Å²) in [5.41, 5.74) is 1.23. The van der Waals surface area contributed by atoms with E-state index in [0.29, 0.717) is 5.56 Å². The van der Waals surface area contributed by atoms with Gasteiger partial charge in [0.15, 0.2) is 11.5 Å². The standard InChI is InChI=1S/C20H15N5O10S/c1-34-20-9-13(12-21-22-17-7-6-15(24(28)29)11-18(17)25(30)31)5-8-19(20)35-36(32,33)16-4-2-3-14(10-16)23(26)27/h2-12,22H,1H3/b21-12-. The van der Waals surface area contributed by atoms with E-state index >= 15 is 0 Å². The predicted octanol–water partition coefficient (Wildman–Crippen LogP) is 3.63. The molecule has 0 bridgehead atoms. The maximum atomic E-state index is 12.6. The molecule has 0 saturated heterocycles. The van der Waals surface area contributed by atoms with Gasteiger partial charge in [0, 0.05) is 18.2 Å². The minimum atomic E-state index is -4.43. The monoisotopic (exact) mass is 517 g/mol. The summed E-state index contributed by atoms with van der Waals surface area (Å²) in [6.07, 6.45) is 1.23. The van der Waals surface area contributed by atoms with E-state index in [1.165, 1.54) is 37.6 Å². The van der Waals surface area contributed by atoms with Gasteiger partial charge in [-0.3, -0.25) is 35.8 Å². The second-order valence-corrected chi connectivity index (χ2v) is 8.33. The van der Waals surface area contributed by atoms with Gasteiger partial charge in [0.25, 0.3) is 11.4 Å². The Hall–Kier alpha value is -5.12. The molecule has 36 heavy (non-hydrogen) atoms. The zero-order valence-electron chi connectivity index (χ0n) is 18.1. The molecule has 3 rings (SSSR count). The Morgan fingerprint density at radius 1 is 0.861 bits per heavy atom. The molecule has 0 saturated carbocycles. The van der Waals surface area contributed by atoms with Crippen molar-refractivity contribution in [2.24, 2.45) is 5.10 Å². The van der Waals surface area contributed by atoms with E-state index in [9.17, 15) is 38.8 Å². The van der Waals surface area contributed by atoms with Crippen LogP contribution < -0.4 is 14.3 Å². The summed E-state index contributed by atoms with van der Waals surface area (Å²) >= 11 is 0. The molecule has 0 aromatic heterocycles. The highest BCUT2D eigenvalue weighted by atomic mass is 32.2. The van der Waals surface area contributed by atoms with Crippen molar-refractivity contribution in [1.82, 2.24) is 0 Å². The van der Waals surface area contributed by atoms with Gasteiger partial charge in [0.2, 0.25) is 0 Å². The number of hydrogen-bond donors (Lipinski definition) is 1. The van der Waals surface area contributed by atoms with Gasteiger partial charge in [0.1, 0.15) is 10.6 Å². The van der Waals surface area contributed by atoms with E-state index in [-0.39, 0.29) is 17.2 Å². The number of benzene rings is 3. The van der Waals surface area contributed by atoms with Gasteiger partial charge >= 0.3 is 15.8 Å². The van der Waals surface area contributed by atoms with Crippen molar-refractivity contribution < 1.29 is 32.1 Å². The fourth-order valence-electron chi connectivity index (χ4n) is 2.81. The van der Waals surface area contributed by atoms with E-state index in [2.05, 4.69) is 10.5 Å².